The molecule has 1 unspecified atom stereocenters. The van der Waals surface area contributed by atoms with E-state index in [2.05, 4.69) is 37.5 Å². The Kier molecular flexibility index (Phi) is 5.77. The monoisotopic (exact) mass is 375 g/mol. The third-order valence-corrected chi connectivity index (χ3v) is 5.27. The molecule has 6 heteroatoms. The van der Waals surface area contributed by atoms with Crippen molar-refractivity contribution in [3.05, 3.63) is 72.2 Å². The second kappa shape index (κ2) is 8.80. The van der Waals surface area contributed by atoms with Gasteiger partial charge in [-0.3, -0.25) is 19.8 Å². The van der Waals surface area contributed by atoms with Gasteiger partial charge in [-0.1, -0.05) is 12.1 Å². The van der Waals surface area contributed by atoms with E-state index in [1.54, 1.807) is 6.20 Å². The van der Waals surface area contributed by atoms with Crippen LogP contribution >= 0.6 is 0 Å². The minimum Gasteiger partial charge on any atom is -0.349 e. The SMILES string of the molecule is O=C(NC1CCCN(Cc2ccncc2)CC1)c1ccc(-c2ccn[nH]2)cc1. The summed E-state index contributed by atoms with van der Waals surface area (Å²) in [6, 6.07) is 13.9. The van der Waals surface area contributed by atoms with Gasteiger partial charge >= 0.3 is 0 Å². The first-order valence-corrected chi connectivity index (χ1v) is 9.80. The summed E-state index contributed by atoms with van der Waals surface area (Å²) in [6.07, 6.45) is 8.49. The van der Waals surface area contributed by atoms with Crippen LogP contribution in [-0.2, 0) is 6.54 Å². The Balaban J connectivity index is 1.31. The van der Waals surface area contributed by atoms with Crippen LogP contribution in [-0.4, -0.2) is 45.1 Å². The molecule has 6 nitrogen and oxygen atoms in total. The smallest absolute Gasteiger partial charge is 0.251 e. The first-order valence-electron chi connectivity index (χ1n) is 9.80. The zero-order chi connectivity index (χ0) is 19.2. The molecule has 2 N–H and O–H groups in total. The van der Waals surface area contributed by atoms with Crippen LogP contribution in [0.15, 0.2) is 61.1 Å². The van der Waals surface area contributed by atoms with Crippen molar-refractivity contribution in [2.75, 3.05) is 13.1 Å². The highest BCUT2D eigenvalue weighted by atomic mass is 16.1. The van der Waals surface area contributed by atoms with E-state index in [1.807, 2.05) is 42.7 Å². The number of pyridine rings is 1. The molecule has 0 spiro atoms. The van der Waals surface area contributed by atoms with Crippen molar-refractivity contribution in [1.29, 1.82) is 0 Å². The van der Waals surface area contributed by atoms with Gasteiger partial charge in [0.25, 0.3) is 5.91 Å². The third kappa shape index (κ3) is 4.64. The minimum absolute atomic E-state index is 0.00347. The average molecular weight is 375 g/mol. The molecule has 0 bridgehead atoms. The summed E-state index contributed by atoms with van der Waals surface area (Å²) >= 11 is 0. The summed E-state index contributed by atoms with van der Waals surface area (Å²) in [5.41, 5.74) is 3.95. The summed E-state index contributed by atoms with van der Waals surface area (Å²) in [5.74, 6) is 0.00347. The number of H-pyrrole nitrogens is 1. The number of aromatic nitrogens is 3. The molecule has 0 radical (unpaired) electrons. The number of rotatable bonds is 5. The summed E-state index contributed by atoms with van der Waals surface area (Å²) in [5, 5.41) is 10.1. The minimum atomic E-state index is 0.00347. The molecule has 1 saturated heterocycles. The second-order valence-corrected chi connectivity index (χ2v) is 7.28. The Hall–Kier alpha value is -2.99. The highest BCUT2D eigenvalue weighted by molar-refractivity contribution is 5.94. The van der Waals surface area contributed by atoms with Crippen LogP contribution in [0.4, 0.5) is 0 Å². The van der Waals surface area contributed by atoms with E-state index in [4.69, 9.17) is 0 Å². The molecule has 1 aliphatic heterocycles. The standard InChI is InChI=1S/C22H25N5O/c28-22(19-5-3-18(4-6-19)21-9-13-24-26-21)25-20-2-1-14-27(15-10-20)16-17-7-11-23-12-8-17/h3-9,11-13,20H,1-2,10,14-16H2,(H,24,26)(H,25,28). The van der Waals surface area contributed by atoms with Crippen LogP contribution in [0.25, 0.3) is 11.3 Å². The lowest BCUT2D eigenvalue weighted by molar-refractivity contribution is 0.0933. The van der Waals surface area contributed by atoms with Gasteiger partial charge in [0.1, 0.15) is 0 Å². The van der Waals surface area contributed by atoms with Gasteiger partial charge in [-0.05, 0) is 67.3 Å². The average Bonchev–Trinajstić information content (AvgIpc) is 3.19. The molecule has 1 atom stereocenters. The highest BCUT2D eigenvalue weighted by Crippen LogP contribution is 2.18. The van der Waals surface area contributed by atoms with Crippen molar-refractivity contribution in [3.8, 4) is 11.3 Å². The molecular formula is C22H25N5O. The van der Waals surface area contributed by atoms with Crippen molar-refractivity contribution in [2.24, 2.45) is 0 Å². The largest absolute Gasteiger partial charge is 0.349 e. The van der Waals surface area contributed by atoms with Crippen LogP contribution in [0.1, 0.15) is 35.2 Å². The van der Waals surface area contributed by atoms with Crippen molar-refractivity contribution in [2.45, 2.75) is 31.8 Å². The van der Waals surface area contributed by atoms with Gasteiger partial charge in [0.05, 0.1) is 5.69 Å². The molecule has 1 fully saturated rings. The lowest BCUT2D eigenvalue weighted by Gasteiger charge is -2.20. The van der Waals surface area contributed by atoms with Crippen molar-refractivity contribution in [1.82, 2.24) is 25.4 Å². The number of carbonyl (C=O) groups excluding carboxylic acids is 1. The fourth-order valence-corrected chi connectivity index (χ4v) is 3.69. The number of amides is 1. The normalized spacial score (nSPS) is 17.8. The van der Waals surface area contributed by atoms with Gasteiger partial charge in [0, 0.05) is 43.3 Å². The number of hydrogen-bond acceptors (Lipinski definition) is 4. The molecule has 2 aromatic heterocycles. The summed E-state index contributed by atoms with van der Waals surface area (Å²) in [4.78, 5) is 19.2. The van der Waals surface area contributed by atoms with Crippen molar-refractivity contribution in [3.63, 3.8) is 0 Å². The maximum Gasteiger partial charge on any atom is 0.251 e. The van der Waals surface area contributed by atoms with Gasteiger partial charge in [-0.15, -0.1) is 0 Å². The fourth-order valence-electron chi connectivity index (χ4n) is 3.69. The second-order valence-electron chi connectivity index (χ2n) is 7.28. The van der Waals surface area contributed by atoms with E-state index >= 15 is 0 Å². The molecule has 3 heterocycles. The van der Waals surface area contributed by atoms with Crippen LogP contribution in [0.5, 0.6) is 0 Å². The van der Waals surface area contributed by atoms with E-state index in [-0.39, 0.29) is 11.9 Å². The maximum absolute atomic E-state index is 12.6. The topological polar surface area (TPSA) is 73.9 Å². The molecule has 1 aromatic carbocycles. The number of nitrogens with one attached hydrogen (secondary N) is 2. The molecular weight excluding hydrogens is 350 g/mol. The quantitative estimate of drug-likeness (QED) is 0.718. The number of likely N-dealkylation sites (tertiary alicyclic amines) is 1. The first-order chi connectivity index (χ1) is 13.8. The Morgan fingerprint density at radius 3 is 2.61 bits per heavy atom. The lowest BCUT2D eigenvalue weighted by Crippen LogP contribution is -2.35. The van der Waals surface area contributed by atoms with Crippen LogP contribution in [0.3, 0.4) is 0 Å². The van der Waals surface area contributed by atoms with E-state index in [0.717, 1.165) is 50.2 Å². The summed E-state index contributed by atoms with van der Waals surface area (Å²) < 4.78 is 0. The predicted octanol–water partition coefficient (Wildman–Crippen LogP) is 3.26. The predicted molar refractivity (Wildman–Crippen MR) is 109 cm³/mol. The van der Waals surface area contributed by atoms with E-state index in [0.29, 0.717) is 5.56 Å². The number of aromatic amines is 1. The first kappa shape index (κ1) is 18.4. The van der Waals surface area contributed by atoms with Crippen LogP contribution < -0.4 is 5.32 Å². The van der Waals surface area contributed by atoms with Crippen molar-refractivity contribution >= 4 is 5.91 Å². The van der Waals surface area contributed by atoms with Gasteiger partial charge in [-0.2, -0.15) is 5.10 Å². The molecule has 1 amide bonds. The maximum atomic E-state index is 12.6. The molecule has 1 aliphatic rings. The summed E-state index contributed by atoms with van der Waals surface area (Å²) in [7, 11) is 0. The fraction of sp³-hybridized carbons (Fsp3) is 0.318. The van der Waals surface area contributed by atoms with Gasteiger partial charge < -0.3 is 5.32 Å². The Labute approximate surface area is 165 Å². The van der Waals surface area contributed by atoms with E-state index < -0.39 is 0 Å². The zero-order valence-electron chi connectivity index (χ0n) is 15.8. The molecule has 144 valence electrons. The van der Waals surface area contributed by atoms with Gasteiger partial charge in [0.15, 0.2) is 0 Å². The number of hydrogen-bond donors (Lipinski definition) is 2. The van der Waals surface area contributed by atoms with Crippen LogP contribution in [0, 0.1) is 0 Å². The number of benzene rings is 1. The van der Waals surface area contributed by atoms with Crippen molar-refractivity contribution < 1.29 is 4.79 Å². The Bertz CT molecular complexity index is 877. The Morgan fingerprint density at radius 1 is 1.04 bits per heavy atom. The Morgan fingerprint density at radius 2 is 1.86 bits per heavy atom. The zero-order valence-corrected chi connectivity index (χ0v) is 15.8. The van der Waals surface area contributed by atoms with Gasteiger partial charge in [-0.25, -0.2) is 0 Å². The highest BCUT2D eigenvalue weighted by Gasteiger charge is 2.19. The molecule has 3 aromatic rings. The van der Waals surface area contributed by atoms with E-state index in [9.17, 15) is 4.79 Å². The van der Waals surface area contributed by atoms with E-state index in [1.165, 1.54) is 5.56 Å². The molecule has 0 aliphatic carbocycles. The number of nitrogens with zero attached hydrogens (tertiary/aromatic N) is 3. The van der Waals surface area contributed by atoms with Gasteiger partial charge in [0.2, 0.25) is 0 Å². The third-order valence-electron chi connectivity index (χ3n) is 5.27. The molecule has 28 heavy (non-hydrogen) atoms. The number of carbonyl (C=O) groups is 1. The lowest BCUT2D eigenvalue weighted by atomic mass is 10.1. The molecule has 0 saturated carbocycles. The summed E-state index contributed by atoms with van der Waals surface area (Å²) in [6.45, 7) is 3.00. The molecule has 4 rings (SSSR count). The van der Waals surface area contributed by atoms with Crippen LogP contribution in [0.2, 0.25) is 0 Å².